The molecule has 3 aromatic rings. The summed E-state index contributed by atoms with van der Waals surface area (Å²) in [6.07, 6.45) is 1.54. The van der Waals surface area contributed by atoms with Crippen molar-refractivity contribution in [1.29, 1.82) is 0 Å². The maximum Gasteiger partial charge on any atom is 0.347 e. The van der Waals surface area contributed by atoms with Crippen molar-refractivity contribution in [3.63, 3.8) is 0 Å². The zero-order valence-electron chi connectivity index (χ0n) is 11.9. The maximum atomic E-state index is 12.0. The van der Waals surface area contributed by atoms with Crippen LogP contribution in [0.2, 0.25) is 0 Å². The van der Waals surface area contributed by atoms with E-state index in [2.05, 4.69) is 0 Å². The highest BCUT2D eigenvalue weighted by Crippen LogP contribution is 2.33. The van der Waals surface area contributed by atoms with Gasteiger partial charge >= 0.3 is 5.63 Å². The highest BCUT2D eigenvalue weighted by molar-refractivity contribution is 5.82. The summed E-state index contributed by atoms with van der Waals surface area (Å²) in [6.45, 7) is 1.80. The SMILES string of the molecule is COc1ccc(-c2cc3occ(C)c3c(=O)o2)cc1OC. The third kappa shape index (κ3) is 2.16. The zero-order chi connectivity index (χ0) is 15.0. The largest absolute Gasteiger partial charge is 0.493 e. The summed E-state index contributed by atoms with van der Waals surface area (Å²) < 4.78 is 21.2. The van der Waals surface area contributed by atoms with Gasteiger partial charge in [-0.25, -0.2) is 4.79 Å². The van der Waals surface area contributed by atoms with Gasteiger partial charge in [0.05, 0.1) is 20.5 Å². The Kier molecular flexibility index (Phi) is 3.17. The van der Waals surface area contributed by atoms with E-state index in [1.807, 2.05) is 0 Å². The van der Waals surface area contributed by atoms with Crippen LogP contribution in [0.3, 0.4) is 0 Å². The van der Waals surface area contributed by atoms with Crippen LogP contribution in [0, 0.1) is 6.92 Å². The second-order valence-electron chi connectivity index (χ2n) is 4.63. The quantitative estimate of drug-likeness (QED) is 0.738. The average molecular weight is 286 g/mol. The van der Waals surface area contributed by atoms with E-state index in [4.69, 9.17) is 18.3 Å². The Morgan fingerprint density at radius 2 is 1.81 bits per heavy atom. The minimum absolute atomic E-state index is 0.413. The van der Waals surface area contributed by atoms with Crippen LogP contribution in [0.4, 0.5) is 0 Å². The molecule has 0 unspecified atom stereocenters. The molecule has 5 heteroatoms. The fraction of sp³-hybridized carbons (Fsp3) is 0.188. The maximum absolute atomic E-state index is 12.0. The van der Waals surface area contributed by atoms with E-state index in [-0.39, 0.29) is 0 Å². The lowest BCUT2D eigenvalue weighted by atomic mass is 10.1. The summed E-state index contributed by atoms with van der Waals surface area (Å²) >= 11 is 0. The van der Waals surface area contributed by atoms with Gasteiger partial charge in [0.1, 0.15) is 16.7 Å². The molecule has 21 heavy (non-hydrogen) atoms. The Morgan fingerprint density at radius 1 is 1.05 bits per heavy atom. The second kappa shape index (κ2) is 5.01. The lowest BCUT2D eigenvalue weighted by Gasteiger charge is -2.08. The topological polar surface area (TPSA) is 61.8 Å². The first-order valence-corrected chi connectivity index (χ1v) is 6.38. The van der Waals surface area contributed by atoms with Crippen LogP contribution < -0.4 is 15.1 Å². The van der Waals surface area contributed by atoms with Crippen LogP contribution in [0.25, 0.3) is 22.3 Å². The van der Waals surface area contributed by atoms with Crippen LogP contribution in [0.1, 0.15) is 5.56 Å². The van der Waals surface area contributed by atoms with Crippen molar-refractivity contribution in [2.75, 3.05) is 14.2 Å². The van der Waals surface area contributed by atoms with Crippen molar-refractivity contribution < 1.29 is 18.3 Å². The molecule has 0 spiro atoms. The first-order chi connectivity index (χ1) is 10.1. The van der Waals surface area contributed by atoms with Crippen LogP contribution in [-0.2, 0) is 0 Å². The minimum Gasteiger partial charge on any atom is -0.493 e. The van der Waals surface area contributed by atoms with E-state index in [9.17, 15) is 4.79 Å². The van der Waals surface area contributed by atoms with Crippen molar-refractivity contribution >= 4 is 11.0 Å². The number of benzene rings is 1. The lowest BCUT2D eigenvalue weighted by Crippen LogP contribution is -2.00. The van der Waals surface area contributed by atoms with Crippen molar-refractivity contribution in [2.45, 2.75) is 6.92 Å². The van der Waals surface area contributed by atoms with Gasteiger partial charge in [0.25, 0.3) is 0 Å². The van der Waals surface area contributed by atoms with Gasteiger partial charge in [0.2, 0.25) is 0 Å². The average Bonchev–Trinajstić information content (AvgIpc) is 2.88. The molecule has 0 amide bonds. The molecule has 0 N–H and O–H groups in total. The molecule has 3 rings (SSSR count). The van der Waals surface area contributed by atoms with Gasteiger partial charge in [-0.05, 0) is 25.1 Å². The van der Waals surface area contributed by atoms with Crippen LogP contribution >= 0.6 is 0 Å². The molecular weight excluding hydrogens is 272 g/mol. The molecule has 2 aromatic heterocycles. The molecule has 2 heterocycles. The van der Waals surface area contributed by atoms with Crippen molar-refractivity contribution in [3.8, 4) is 22.8 Å². The van der Waals surface area contributed by atoms with E-state index in [0.717, 1.165) is 5.56 Å². The fourth-order valence-electron chi connectivity index (χ4n) is 2.26. The Bertz CT molecular complexity index is 857. The second-order valence-corrected chi connectivity index (χ2v) is 4.63. The van der Waals surface area contributed by atoms with Gasteiger partial charge in [-0.15, -0.1) is 0 Å². The van der Waals surface area contributed by atoms with E-state index in [1.165, 1.54) is 0 Å². The summed E-state index contributed by atoms with van der Waals surface area (Å²) in [7, 11) is 3.12. The predicted octanol–water partition coefficient (Wildman–Crippen LogP) is 3.38. The molecule has 0 saturated carbocycles. The number of rotatable bonds is 3. The van der Waals surface area contributed by atoms with Crippen molar-refractivity contribution in [2.24, 2.45) is 0 Å². The summed E-state index contributed by atoms with van der Waals surface area (Å²) in [5.41, 5.74) is 1.57. The first kappa shape index (κ1) is 13.3. The monoisotopic (exact) mass is 286 g/mol. The lowest BCUT2D eigenvalue weighted by molar-refractivity contribution is 0.355. The van der Waals surface area contributed by atoms with Gasteiger partial charge in [-0.3, -0.25) is 0 Å². The molecule has 0 saturated heterocycles. The Balaban J connectivity index is 2.18. The molecular formula is C16H14O5. The molecule has 0 atom stereocenters. The number of furan rings is 1. The summed E-state index contributed by atoms with van der Waals surface area (Å²) in [5, 5.41) is 0.472. The number of aryl methyl sites for hydroxylation is 1. The summed E-state index contributed by atoms with van der Waals surface area (Å²) in [4.78, 5) is 12.0. The molecule has 0 fully saturated rings. The predicted molar refractivity (Wildman–Crippen MR) is 78.0 cm³/mol. The molecule has 0 radical (unpaired) electrons. The highest BCUT2D eigenvalue weighted by atomic mass is 16.5. The third-order valence-corrected chi connectivity index (χ3v) is 3.34. The van der Waals surface area contributed by atoms with Crippen molar-refractivity contribution in [1.82, 2.24) is 0 Å². The molecule has 1 aromatic carbocycles. The Morgan fingerprint density at radius 3 is 2.52 bits per heavy atom. The van der Waals surface area contributed by atoms with Gasteiger partial charge in [0.15, 0.2) is 11.5 Å². The molecule has 0 aliphatic heterocycles. The fourth-order valence-corrected chi connectivity index (χ4v) is 2.26. The van der Waals surface area contributed by atoms with Crippen molar-refractivity contribution in [3.05, 3.63) is 46.5 Å². The van der Waals surface area contributed by atoms with Crippen LogP contribution in [0.15, 0.2) is 44.2 Å². The third-order valence-electron chi connectivity index (χ3n) is 3.34. The van der Waals surface area contributed by atoms with E-state index in [0.29, 0.717) is 33.8 Å². The van der Waals surface area contributed by atoms with E-state index >= 15 is 0 Å². The molecule has 5 nitrogen and oxygen atoms in total. The van der Waals surface area contributed by atoms with E-state index in [1.54, 1.807) is 51.7 Å². The van der Waals surface area contributed by atoms with Gasteiger partial charge < -0.3 is 18.3 Å². The van der Waals surface area contributed by atoms with Crippen LogP contribution in [-0.4, -0.2) is 14.2 Å². The zero-order valence-corrected chi connectivity index (χ0v) is 11.9. The highest BCUT2D eigenvalue weighted by Gasteiger charge is 2.13. The van der Waals surface area contributed by atoms with Gasteiger partial charge in [0, 0.05) is 17.2 Å². The minimum atomic E-state index is -0.413. The number of hydrogen-bond donors (Lipinski definition) is 0. The van der Waals surface area contributed by atoms with Gasteiger partial charge in [-0.1, -0.05) is 0 Å². The molecule has 0 bridgehead atoms. The molecule has 0 aliphatic carbocycles. The number of methoxy groups -OCH3 is 2. The number of fused-ring (bicyclic) bond motifs is 1. The summed E-state index contributed by atoms with van der Waals surface area (Å²) in [5.74, 6) is 1.59. The molecule has 0 aliphatic rings. The number of ether oxygens (including phenoxy) is 2. The first-order valence-electron chi connectivity index (χ1n) is 6.38. The summed E-state index contributed by atoms with van der Waals surface area (Å²) in [6, 6.07) is 7.00. The smallest absolute Gasteiger partial charge is 0.347 e. The normalized spacial score (nSPS) is 10.8. The van der Waals surface area contributed by atoms with E-state index < -0.39 is 5.63 Å². The number of hydrogen-bond acceptors (Lipinski definition) is 5. The molecule has 108 valence electrons. The Hall–Kier alpha value is -2.69. The Labute approximate surface area is 120 Å². The van der Waals surface area contributed by atoms with Crippen LogP contribution in [0.5, 0.6) is 11.5 Å². The standard InChI is InChI=1S/C16H14O5/c1-9-8-20-14-7-12(21-16(17)15(9)14)10-4-5-11(18-2)13(6-10)19-3/h4-8H,1-3H3. The van der Waals surface area contributed by atoms with Gasteiger partial charge in [-0.2, -0.15) is 0 Å².